The molecule has 0 aliphatic carbocycles. The van der Waals surface area contributed by atoms with Gasteiger partial charge in [0.25, 0.3) is 0 Å². The van der Waals surface area contributed by atoms with Crippen molar-refractivity contribution >= 4 is 17.9 Å². The number of methoxy groups -OCH3 is 2. The molecule has 7 nitrogen and oxygen atoms in total. The lowest BCUT2D eigenvalue weighted by Crippen LogP contribution is -2.07. The molecule has 2 aromatic rings. The Kier molecular flexibility index (Phi) is 6.51. The highest BCUT2D eigenvalue weighted by Crippen LogP contribution is 2.34. The molecule has 0 unspecified atom stereocenters. The number of carbonyl (C=O) groups excluding carboxylic acids is 1. The fraction of sp³-hybridized carbons (Fsp3) is 0.238. The molecule has 9 heteroatoms. The van der Waals surface area contributed by atoms with Crippen LogP contribution in [-0.4, -0.2) is 39.3 Å². The molecule has 0 amide bonds. The van der Waals surface area contributed by atoms with E-state index in [-0.39, 0.29) is 23.1 Å². The maximum Gasteiger partial charge on any atom is 0.387 e. The predicted molar refractivity (Wildman–Crippen MR) is 104 cm³/mol. The van der Waals surface area contributed by atoms with Crippen molar-refractivity contribution in [2.24, 2.45) is 4.99 Å². The molecule has 0 spiro atoms. The molecular weight excluding hydrogens is 400 g/mol. The third-order valence-electron chi connectivity index (χ3n) is 4.05. The summed E-state index contributed by atoms with van der Waals surface area (Å²) in [5, 5.41) is 0. The summed E-state index contributed by atoms with van der Waals surface area (Å²) in [5.41, 5.74) is 0.989. The van der Waals surface area contributed by atoms with Gasteiger partial charge in [-0.25, -0.2) is 9.79 Å². The minimum Gasteiger partial charge on any atom is -0.493 e. The van der Waals surface area contributed by atoms with Gasteiger partial charge in [-0.3, -0.25) is 0 Å². The average molecular weight is 419 g/mol. The maximum atomic E-state index is 12.5. The molecule has 0 radical (unpaired) electrons. The van der Waals surface area contributed by atoms with Gasteiger partial charge in [-0.15, -0.1) is 0 Å². The lowest BCUT2D eigenvalue weighted by molar-refractivity contribution is -0.129. The van der Waals surface area contributed by atoms with Crippen molar-refractivity contribution in [2.45, 2.75) is 13.5 Å². The van der Waals surface area contributed by atoms with Gasteiger partial charge in [-0.2, -0.15) is 8.78 Å². The second kappa shape index (κ2) is 9.25. The smallest absolute Gasteiger partial charge is 0.387 e. The number of carbonyl (C=O) groups is 1. The van der Waals surface area contributed by atoms with E-state index in [4.69, 9.17) is 18.9 Å². The van der Waals surface area contributed by atoms with Gasteiger partial charge in [0.1, 0.15) is 0 Å². The van der Waals surface area contributed by atoms with E-state index >= 15 is 0 Å². The van der Waals surface area contributed by atoms with Gasteiger partial charge in [0.2, 0.25) is 5.90 Å². The minimum atomic E-state index is -3.00. The summed E-state index contributed by atoms with van der Waals surface area (Å²) in [7, 11) is 2.81. The summed E-state index contributed by atoms with van der Waals surface area (Å²) in [5.74, 6) is 0.237. The van der Waals surface area contributed by atoms with Gasteiger partial charge in [-0.1, -0.05) is 12.1 Å². The van der Waals surface area contributed by atoms with Gasteiger partial charge in [0.15, 0.2) is 28.7 Å². The van der Waals surface area contributed by atoms with E-state index in [1.807, 2.05) is 6.92 Å². The molecule has 158 valence electrons. The summed E-state index contributed by atoms with van der Waals surface area (Å²) >= 11 is 0. The molecule has 2 aromatic carbocycles. The molecule has 0 saturated carbocycles. The zero-order valence-electron chi connectivity index (χ0n) is 16.5. The standard InChI is InChI=1S/C21H19F2NO6/c1-4-28-16-7-5-6-12(18(16)27-3)10-14-20(25)30-19(24-14)13-8-9-15(29-21(22)23)17(11-13)26-2/h5-11,21H,4H2,1-3H3. The number of hydrogen-bond donors (Lipinski definition) is 0. The number of halogens is 2. The summed E-state index contributed by atoms with van der Waals surface area (Å²) in [6, 6.07) is 9.37. The summed E-state index contributed by atoms with van der Waals surface area (Å²) in [6.07, 6.45) is 1.52. The quantitative estimate of drug-likeness (QED) is 0.475. The maximum absolute atomic E-state index is 12.5. The van der Waals surface area contributed by atoms with Crippen LogP contribution in [0.15, 0.2) is 47.1 Å². The van der Waals surface area contributed by atoms with Crippen LogP contribution in [0.3, 0.4) is 0 Å². The van der Waals surface area contributed by atoms with Crippen molar-refractivity contribution in [2.75, 3.05) is 20.8 Å². The fourth-order valence-corrected chi connectivity index (χ4v) is 2.81. The first-order valence-electron chi connectivity index (χ1n) is 8.92. The number of para-hydroxylation sites is 1. The van der Waals surface area contributed by atoms with E-state index in [1.54, 1.807) is 18.2 Å². The normalized spacial score (nSPS) is 14.5. The highest BCUT2D eigenvalue weighted by molar-refractivity contribution is 6.13. The van der Waals surface area contributed by atoms with Crippen molar-refractivity contribution in [3.63, 3.8) is 0 Å². The van der Waals surface area contributed by atoms with E-state index in [9.17, 15) is 13.6 Å². The Morgan fingerprint density at radius 2 is 1.90 bits per heavy atom. The second-order valence-corrected chi connectivity index (χ2v) is 5.89. The molecule has 0 atom stereocenters. The number of esters is 1. The zero-order valence-corrected chi connectivity index (χ0v) is 16.5. The van der Waals surface area contributed by atoms with E-state index in [2.05, 4.69) is 9.73 Å². The van der Waals surface area contributed by atoms with E-state index in [0.717, 1.165) is 0 Å². The Morgan fingerprint density at radius 3 is 2.57 bits per heavy atom. The highest BCUT2D eigenvalue weighted by atomic mass is 19.3. The van der Waals surface area contributed by atoms with E-state index in [0.29, 0.717) is 29.2 Å². The molecule has 30 heavy (non-hydrogen) atoms. The number of nitrogens with zero attached hydrogens (tertiary/aromatic N) is 1. The number of ether oxygens (including phenoxy) is 5. The molecule has 3 rings (SSSR count). The lowest BCUT2D eigenvalue weighted by atomic mass is 10.1. The largest absolute Gasteiger partial charge is 0.493 e. The van der Waals surface area contributed by atoms with Gasteiger partial charge in [0, 0.05) is 11.1 Å². The first kappa shape index (κ1) is 21.1. The Labute approximate surface area is 171 Å². The topological polar surface area (TPSA) is 75.6 Å². The third kappa shape index (κ3) is 4.51. The number of rotatable bonds is 8. The second-order valence-electron chi connectivity index (χ2n) is 5.89. The summed E-state index contributed by atoms with van der Waals surface area (Å²) in [6.45, 7) is -0.696. The molecule has 1 aliphatic rings. The predicted octanol–water partition coefficient (Wildman–Crippen LogP) is 4.05. The molecule has 0 bridgehead atoms. The Bertz CT molecular complexity index is 1000. The van der Waals surface area contributed by atoms with Crippen LogP contribution in [0.2, 0.25) is 0 Å². The van der Waals surface area contributed by atoms with Crippen molar-refractivity contribution in [1.82, 2.24) is 0 Å². The number of cyclic esters (lactones) is 1. The van der Waals surface area contributed by atoms with Gasteiger partial charge < -0.3 is 23.7 Å². The summed E-state index contributed by atoms with van der Waals surface area (Å²) < 4.78 is 50.6. The van der Waals surface area contributed by atoms with Crippen LogP contribution in [0.1, 0.15) is 18.1 Å². The Morgan fingerprint density at radius 1 is 1.10 bits per heavy atom. The number of benzene rings is 2. The van der Waals surface area contributed by atoms with Crippen LogP contribution in [0.25, 0.3) is 6.08 Å². The average Bonchev–Trinajstić information content (AvgIpc) is 3.08. The van der Waals surface area contributed by atoms with Crippen LogP contribution in [-0.2, 0) is 9.53 Å². The van der Waals surface area contributed by atoms with E-state index in [1.165, 1.54) is 38.5 Å². The highest BCUT2D eigenvalue weighted by Gasteiger charge is 2.26. The zero-order chi connectivity index (χ0) is 21.7. The summed E-state index contributed by atoms with van der Waals surface area (Å²) in [4.78, 5) is 16.5. The van der Waals surface area contributed by atoms with Crippen LogP contribution in [0.4, 0.5) is 8.78 Å². The van der Waals surface area contributed by atoms with Crippen molar-refractivity contribution in [1.29, 1.82) is 0 Å². The third-order valence-corrected chi connectivity index (χ3v) is 4.05. The van der Waals surface area contributed by atoms with Crippen molar-refractivity contribution < 1.29 is 37.3 Å². The monoisotopic (exact) mass is 419 g/mol. The molecule has 1 heterocycles. The molecule has 0 N–H and O–H groups in total. The lowest BCUT2D eigenvalue weighted by Gasteiger charge is -2.11. The fourth-order valence-electron chi connectivity index (χ4n) is 2.81. The van der Waals surface area contributed by atoms with Crippen LogP contribution in [0.5, 0.6) is 23.0 Å². The molecule has 1 aliphatic heterocycles. The molecular formula is C21H19F2NO6. The van der Waals surface area contributed by atoms with Gasteiger partial charge in [-0.05, 0) is 37.3 Å². The number of hydrogen-bond acceptors (Lipinski definition) is 7. The Balaban J connectivity index is 1.95. The first-order valence-corrected chi connectivity index (χ1v) is 8.92. The van der Waals surface area contributed by atoms with Gasteiger partial charge >= 0.3 is 12.6 Å². The van der Waals surface area contributed by atoms with Crippen molar-refractivity contribution in [3.05, 3.63) is 53.2 Å². The molecule has 0 fully saturated rings. The van der Waals surface area contributed by atoms with Crippen LogP contribution in [0, 0.1) is 0 Å². The van der Waals surface area contributed by atoms with Crippen LogP contribution >= 0.6 is 0 Å². The minimum absolute atomic E-state index is 0.00748. The Hall–Kier alpha value is -3.62. The molecule has 0 aromatic heterocycles. The van der Waals surface area contributed by atoms with Crippen LogP contribution < -0.4 is 18.9 Å². The van der Waals surface area contributed by atoms with E-state index < -0.39 is 12.6 Å². The number of alkyl halides is 2. The number of aliphatic imine (C=N–C) groups is 1. The first-order chi connectivity index (χ1) is 14.5. The van der Waals surface area contributed by atoms with Gasteiger partial charge in [0.05, 0.1) is 20.8 Å². The van der Waals surface area contributed by atoms with Crippen molar-refractivity contribution in [3.8, 4) is 23.0 Å². The SMILES string of the molecule is CCOc1cccc(C=C2N=C(c3ccc(OC(F)F)c(OC)c3)OC2=O)c1OC. The molecule has 0 saturated heterocycles.